The van der Waals surface area contributed by atoms with E-state index in [4.69, 9.17) is 0 Å². The fourth-order valence-corrected chi connectivity index (χ4v) is 6.38. The van der Waals surface area contributed by atoms with Gasteiger partial charge in [-0.15, -0.1) is 0 Å². The van der Waals surface area contributed by atoms with E-state index in [0.717, 1.165) is 6.54 Å². The molecule has 0 aromatic heterocycles. The monoisotopic (exact) mass is 602 g/mol. The fraction of sp³-hybridized carbons (Fsp3) is 1.00. The quantitative estimate of drug-likeness (QED) is 0.0692. The van der Waals surface area contributed by atoms with Crippen molar-refractivity contribution < 1.29 is 22.4 Å². The SMILES string of the molecule is CCCCCCCCCCCCCCCCCC[NH+](CCO)CCCCCCCCCCCCCCCCCC.[Cl-]. The number of halogens is 1. The summed E-state index contributed by atoms with van der Waals surface area (Å²) in [6, 6.07) is 0. The van der Waals surface area contributed by atoms with E-state index in [2.05, 4.69) is 13.8 Å². The third-order valence-electron chi connectivity index (χ3n) is 9.23. The van der Waals surface area contributed by atoms with Gasteiger partial charge in [-0.25, -0.2) is 0 Å². The van der Waals surface area contributed by atoms with E-state index in [0.29, 0.717) is 6.61 Å². The number of aliphatic hydroxyl groups excluding tert-OH is 1. The van der Waals surface area contributed by atoms with Crippen LogP contribution in [0.15, 0.2) is 0 Å². The number of hydrogen-bond donors (Lipinski definition) is 2. The van der Waals surface area contributed by atoms with E-state index < -0.39 is 0 Å². The smallest absolute Gasteiger partial charge is 0.101 e. The van der Waals surface area contributed by atoms with Crippen LogP contribution >= 0.6 is 0 Å². The summed E-state index contributed by atoms with van der Waals surface area (Å²) >= 11 is 0. The van der Waals surface area contributed by atoms with E-state index >= 15 is 0 Å². The standard InChI is InChI=1S/C38H79NO.ClH/c1-3-5-7-9-11-13-15-17-19-21-23-25-27-29-31-33-35-39(37-38-40)36-34-32-30-28-26-24-22-20-18-16-14-12-10-8-6-4-2;/h40H,3-38H2,1-2H3;1H. The van der Waals surface area contributed by atoms with Crippen LogP contribution in [0.3, 0.4) is 0 Å². The maximum absolute atomic E-state index is 9.49. The zero-order chi connectivity index (χ0) is 29.0. The van der Waals surface area contributed by atoms with E-state index in [1.54, 1.807) is 4.90 Å². The Balaban J connectivity index is 0. The maximum Gasteiger partial charge on any atom is 0.101 e. The lowest BCUT2D eigenvalue weighted by Crippen LogP contribution is -3.12. The third-order valence-corrected chi connectivity index (χ3v) is 9.23. The Bertz CT molecular complexity index is 396. The number of aliphatic hydroxyl groups is 1. The molecule has 2 nitrogen and oxygen atoms in total. The molecule has 0 saturated carbocycles. The Morgan fingerprint density at radius 1 is 0.293 bits per heavy atom. The van der Waals surface area contributed by atoms with Gasteiger partial charge in [-0.05, 0) is 25.7 Å². The van der Waals surface area contributed by atoms with Crippen molar-refractivity contribution in [1.29, 1.82) is 0 Å². The van der Waals surface area contributed by atoms with Gasteiger partial charge in [0.05, 0.1) is 19.7 Å². The first-order chi connectivity index (χ1) is 19.8. The van der Waals surface area contributed by atoms with E-state index in [-0.39, 0.29) is 12.4 Å². The molecule has 0 unspecified atom stereocenters. The van der Waals surface area contributed by atoms with E-state index in [1.165, 1.54) is 219 Å². The summed E-state index contributed by atoms with van der Waals surface area (Å²) < 4.78 is 0. The Hall–Kier alpha value is 0.210. The number of hydrogen-bond acceptors (Lipinski definition) is 1. The minimum Gasteiger partial charge on any atom is -1.00 e. The first kappa shape index (κ1) is 43.3. The van der Waals surface area contributed by atoms with Crippen molar-refractivity contribution in [2.75, 3.05) is 26.2 Å². The van der Waals surface area contributed by atoms with Crippen LogP contribution in [-0.4, -0.2) is 31.3 Å². The predicted octanol–water partition coefficient (Wildman–Crippen LogP) is 8.39. The van der Waals surface area contributed by atoms with Crippen LogP contribution < -0.4 is 17.3 Å². The van der Waals surface area contributed by atoms with Crippen LogP contribution in [0, 0.1) is 0 Å². The molecule has 0 aliphatic rings. The molecule has 0 heterocycles. The zero-order valence-electron chi connectivity index (χ0n) is 28.8. The summed E-state index contributed by atoms with van der Waals surface area (Å²) in [6.07, 6.45) is 46.1. The molecular weight excluding hydrogens is 522 g/mol. The predicted molar refractivity (Wildman–Crippen MR) is 182 cm³/mol. The first-order valence-corrected chi connectivity index (χ1v) is 19.3. The number of quaternary nitrogens is 1. The molecule has 0 spiro atoms. The Morgan fingerprint density at radius 3 is 0.683 bits per heavy atom. The Labute approximate surface area is 267 Å². The molecule has 0 atom stereocenters. The van der Waals surface area contributed by atoms with Gasteiger partial charge in [-0.1, -0.05) is 194 Å². The lowest BCUT2D eigenvalue weighted by Gasteiger charge is -2.18. The fourth-order valence-electron chi connectivity index (χ4n) is 6.38. The molecule has 0 rings (SSSR count). The van der Waals surface area contributed by atoms with Crippen LogP contribution in [0.1, 0.15) is 219 Å². The topological polar surface area (TPSA) is 24.7 Å². The van der Waals surface area contributed by atoms with Crippen molar-refractivity contribution in [2.24, 2.45) is 0 Å². The minimum atomic E-state index is 0. The van der Waals surface area contributed by atoms with Crippen LogP contribution in [-0.2, 0) is 0 Å². The molecule has 0 fully saturated rings. The molecule has 3 heteroatoms. The van der Waals surface area contributed by atoms with Gasteiger partial charge in [0, 0.05) is 0 Å². The summed E-state index contributed by atoms with van der Waals surface area (Å²) in [4.78, 5) is 1.65. The van der Waals surface area contributed by atoms with Crippen molar-refractivity contribution >= 4 is 0 Å². The molecule has 0 aromatic rings. The highest BCUT2D eigenvalue weighted by Crippen LogP contribution is 2.15. The summed E-state index contributed by atoms with van der Waals surface area (Å²) in [5.41, 5.74) is 0. The van der Waals surface area contributed by atoms with Gasteiger partial charge in [-0.2, -0.15) is 0 Å². The second-order valence-corrected chi connectivity index (χ2v) is 13.3. The van der Waals surface area contributed by atoms with Crippen molar-refractivity contribution in [3.8, 4) is 0 Å². The second-order valence-electron chi connectivity index (χ2n) is 13.3. The highest BCUT2D eigenvalue weighted by Gasteiger charge is 2.07. The van der Waals surface area contributed by atoms with Crippen LogP contribution in [0.2, 0.25) is 0 Å². The summed E-state index contributed by atoms with van der Waals surface area (Å²) in [5.74, 6) is 0. The molecule has 250 valence electrons. The molecule has 2 N–H and O–H groups in total. The van der Waals surface area contributed by atoms with Gasteiger partial charge in [0.15, 0.2) is 0 Å². The van der Waals surface area contributed by atoms with Crippen molar-refractivity contribution in [3.05, 3.63) is 0 Å². The number of nitrogens with one attached hydrogen (secondary N) is 1. The molecule has 0 amide bonds. The third kappa shape index (κ3) is 38.2. The Kier molecular flexibility index (Phi) is 42.5. The van der Waals surface area contributed by atoms with Gasteiger partial charge in [-0.3, -0.25) is 0 Å². The highest BCUT2D eigenvalue weighted by atomic mass is 35.5. The van der Waals surface area contributed by atoms with Gasteiger partial charge < -0.3 is 22.4 Å². The molecule has 0 bridgehead atoms. The number of unbranched alkanes of at least 4 members (excludes halogenated alkanes) is 30. The highest BCUT2D eigenvalue weighted by molar-refractivity contribution is 4.52. The largest absolute Gasteiger partial charge is 1.00 e. The Morgan fingerprint density at radius 2 is 0.488 bits per heavy atom. The van der Waals surface area contributed by atoms with Crippen LogP contribution in [0.25, 0.3) is 0 Å². The molecule has 0 saturated heterocycles. The van der Waals surface area contributed by atoms with Gasteiger partial charge in [0.1, 0.15) is 6.54 Å². The van der Waals surface area contributed by atoms with E-state index in [1.807, 2.05) is 0 Å². The zero-order valence-corrected chi connectivity index (χ0v) is 29.5. The normalized spacial score (nSPS) is 11.4. The van der Waals surface area contributed by atoms with Crippen molar-refractivity contribution in [2.45, 2.75) is 219 Å². The second kappa shape index (κ2) is 40.2. The molecular formula is C38H80ClNO. The van der Waals surface area contributed by atoms with Gasteiger partial charge in [0.2, 0.25) is 0 Å². The average molecular weight is 603 g/mol. The van der Waals surface area contributed by atoms with Gasteiger partial charge in [0.25, 0.3) is 0 Å². The summed E-state index contributed by atoms with van der Waals surface area (Å²) in [7, 11) is 0. The lowest BCUT2D eigenvalue weighted by atomic mass is 10.0. The first-order valence-electron chi connectivity index (χ1n) is 19.3. The molecule has 41 heavy (non-hydrogen) atoms. The molecule has 0 aliphatic heterocycles. The average Bonchev–Trinajstić information content (AvgIpc) is 2.96. The van der Waals surface area contributed by atoms with Crippen molar-refractivity contribution in [3.63, 3.8) is 0 Å². The van der Waals surface area contributed by atoms with Gasteiger partial charge >= 0.3 is 0 Å². The minimum absolute atomic E-state index is 0. The van der Waals surface area contributed by atoms with E-state index in [9.17, 15) is 5.11 Å². The van der Waals surface area contributed by atoms with Crippen LogP contribution in [0.5, 0.6) is 0 Å². The summed E-state index contributed by atoms with van der Waals surface area (Å²) in [6.45, 7) is 8.47. The maximum atomic E-state index is 9.49. The summed E-state index contributed by atoms with van der Waals surface area (Å²) in [5, 5.41) is 9.49. The lowest BCUT2D eigenvalue weighted by molar-refractivity contribution is -0.901. The van der Waals surface area contributed by atoms with Crippen molar-refractivity contribution in [1.82, 2.24) is 0 Å². The molecule has 0 aliphatic carbocycles. The molecule has 0 radical (unpaired) electrons. The molecule has 0 aromatic carbocycles. The van der Waals surface area contributed by atoms with Crippen LogP contribution in [0.4, 0.5) is 0 Å². The number of rotatable bonds is 36.